The Morgan fingerprint density at radius 1 is 1.46 bits per heavy atom. The van der Waals surface area contributed by atoms with Crippen molar-refractivity contribution in [2.24, 2.45) is 5.41 Å². The molecule has 2 aliphatic rings. The highest BCUT2D eigenvalue weighted by Crippen LogP contribution is 2.45. The average molecular weight is 324 g/mol. The Labute approximate surface area is 140 Å². The van der Waals surface area contributed by atoms with E-state index in [-0.39, 0.29) is 17.1 Å². The molecule has 0 radical (unpaired) electrons. The number of nitrogens with zero attached hydrogens (tertiary/aromatic N) is 3. The zero-order valence-electron chi connectivity index (χ0n) is 13.7. The van der Waals surface area contributed by atoms with Crippen LogP contribution in [0.5, 0.6) is 0 Å². The van der Waals surface area contributed by atoms with E-state index in [1.807, 2.05) is 18.5 Å². The van der Waals surface area contributed by atoms with Crippen LogP contribution in [0.4, 0.5) is 4.79 Å². The normalized spacial score (nSPS) is 29.4. The highest BCUT2D eigenvalue weighted by molar-refractivity contribution is 5.77. The molecule has 6 heteroatoms. The van der Waals surface area contributed by atoms with Crippen molar-refractivity contribution in [2.75, 3.05) is 6.54 Å². The first-order chi connectivity index (χ1) is 11.5. The Hall–Kier alpha value is -2.55. The molecule has 2 aromatic rings. The summed E-state index contributed by atoms with van der Waals surface area (Å²) in [5.41, 5.74) is 2.19. The lowest BCUT2D eigenvalue weighted by molar-refractivity contribution is -0.0265. The molecule has 1 aromatic heterocycles. The van der Waals surface area contributed by atoms with Gasteiger partial charge in [-0.05, 0) is 49.3 Å². The van der Waals surface area contributed by atoms with Crippen molar-refractivity contribution >= 4 is 17.1 Å². The molecule has 2 fully saturated rings. The number of imidazole rings is 1. The summed E-state index contributed by atoms with van der Waals surface area (Å²) in [6.07, 6.45) is 5.44. The van der Waals surface area contributed by atoms with Gasteiger partial charge in [-0.1, -0.05) is 6.92 Å². The molecule has 0 bridgehead atoms. The van der Waals surface area contributed by atoms with E-state index >= 15 is 0 Å². The lowest BCUT2D eigenvalue weighted by Crippen LogP contribution is -2.44. The first kappa shape index (κ1) is 15.0. The third-order valence-corrected chi connectivity index (χ3v) is 5.33. The molecule has 1 amide bonds. The standard InChI is InChI=1S/C18H20N4O2/c1-17(5-2-6-18(9-17)10-20-16(23)24-18)11-22-12-21-14-4-3-13(8-19)7-15(14)22/h3-4,7,12H,2,5-6,9-11H2,1H3,(H,20,23). The Morgan fingerprint density at radius 3 is 3.08 bits per heavy atom. The molecule has 24 heavy (non-hydrogen) atoms. The van der Waals surface area contributed by atoms with E-state index in [1.54, 1.807) is 6.07 Å². The lowest BCUT2D eigenvalue weighted by Gasteiger charge is -2.42. The third kappa shape index (κ3) is 2.50. The number of carbonyl (C=O) groups excluding carboxylic acids is 1. The van der Waals surface area contributed by atoms with Crippen molar-refractivity contribution < 1.29 is 9.53 Å². The number of benzene rings is 1. The summed E-state index contributed by atoms with van der Waals surface area (Å²) >= 11 is 0. The number of alkyl carbamates (subject to hydrolysis) is 1. The van der Waals surface area contributed by atoms with E-state index in [9.17, 15) is 4.79 Å². The van der Waals surface area contributed by atoms with E-state index in [2.05, 4.69) is 27.9 Å². The van der Waals surface area contributed by atoms with Crippen LogP contribution in [0.2, 0.25) is 0 Å². The number of hydrogen-bond acceptors (Lipinski definition) is 4. The van der Waals surface area contributed by atoms with Crippen LogP contribution in [0.3, 0.4) is 0 Å². The number of carbonyl (C=O) groups is 1. The van der Waals surface area contributed by atoms with Gasteiger partial charge in [0.2, 0.25) is 0 Å². The highest BCUT2D eigenvalue weighted by Gasteiger charge is 2.48. The molecular weight excluding hydrogens is 304 g/mol. The van der Waals surface area contributed by atoms with E-state index < -0.39 is 0 Å². The van der Waals surface area contributed by atoms with Crippen LogP contribution in [-0.2, 0) is 11.3 Å². The second-order valence-corrected chi connectivity index (χ2v) is 7.45. The van der Waals surface area contributed by atoms with Crippen molar-refractivity contribution in [3.63, 3.8) is 0 Å². The fourth-order valence-corrected chi connectivity index (χ4v) is 4.33. The Bertz CT molecular complexity index is 852. The molecule has 1 saturated carbocycles. The van der Waals surface area contributed by atoms with Crippen molar-refractivity contribution in [1.29, 1.82) is 5.26 Å². The van der Waals surface area contributed by atoms with Crippen LogP contribution in [0, 0.1) is 16.7 Å². The maximum absolute atomic E-state index is 11.5. The zero-order valence-corrected chi connectivity index (χ0v) is 13.7. The van der Waals surface area contributed by atoms with Crippen LogP contribution in [-0.4, -0.2) is 27.8 Å². The number of nitrogens with one attached hydrogen (secondary N) is 1. The van der Waals surface area contributed by atoms with Crippen LogP contribution in [0.25, 0.3) is 11.0 Å². The predicted octanol–water partition coefficient (Wildman–Crippen LogP) is 2.97. The maximum atomic E-state index is 11.5. The Kier molecular flexibility index (Phi) is 3.27. The van der Waals surface area contributed by atoms with Gasteiger partial charge in [-0.3, -0.25) is 0 Å². The molecule has 1 aromatic carbocycles. The predicted molar refractivity (Wildman–Crippen MR) is 88.2 cm³/mol. The number of nitriles is 1. The first-order valence-corrected chi connectivity index (χ1v) is 8.33. The molecule has 124 valence electrons. The number of amides is 1. The van der Waals surface area contributed by atoms with Gasteiger partial charge in [0, 0.05) is 6.54 Å². The minimum atomic E-state index is -0.363. The van der Waals surface area contributed by atoms with Crippen LogP contribution < -0.4 is 5.32 Å². The molecule has 1 aliphatic heterocycles. The SMILES string of the molecule is CC1(Cn2cnc3ccc(C#N)cc32)CCCC2(CNC(=O)O2)C1. The summed E-state index contributed by atoms with van der Waals surface area (Å²) < 4.78 is 7.73. The summed E-state index contributed by atoms with van der Waals surface area (Å²) in [4.78, 5) is 16.0. The summed E-state index contributed by atoms with van der Waals surface area (Å²) in [6, 6.07) is 7.76. The number of aromatic nitrogens is 2. The molecule has 1 N–H and O–H groups in total. The molecule has 2 unspecified atom stereocenters. The van der Waals surface area contributed by atoms with E-state index in [4.69, 9.17) is 10.00 Å². The number of hydrogen-bond donors (Lipinski definition) is 1. The van der Waals surface area contributed by atoms with Gasteiger partial charge in [0.15, 0.2) is 0 Å². The quantitative estimate of drug-likeness (QED) is 0.921. The van der Waals surface area contributed by atoms with Gasteiger partial charge in [0.05, 0.1) is 35.5 Å². The highest BCUT2D eigenvalue weighted by atomic mass is 16.6. The molecule has 1 aliphatic carbocycles. The second-order valence-electron chi connectivity index (χ2n) is 7.45. The maximum Gasteiger partial charge on any atom is 0.407 e. The van der Waals surface area contributed by atoms with Gasteiger partial charge in [-0.15, -0.1) is 0 Å². The number of ether oxygens (including phenoxy) is 1. The third-order valence-electron chi connectivity index (χ3n) is 5.33. The minimum Gasteiger partial charge on any atom is -0.441 e. The Morgan fingerprint density at radius 2 is 2.33 bits per heavy atom. The lowest BCUT2D eigenvalue weighted by atomic mass is 9.68. The van der Waals surface area contributed by atoms with Crippen molar-refractivity contribution in [2.45, 2.75) is 44.8 Å². The van der Waals surface area contributed by atoms with Gasteiger partial charge < -0.3 is 14.6 Å². The first-order valence-electron chi connectivity index (χ1n) is 8.33. The van der Waals surface area contributed by atoms with E-state index in [0.717, 1.165) is 43.3 Å². The largest absolute Gasteiger partial charge is 0.441 e. The summed E-state index contributed by atoms with van der Waals surface area (Å²) in [5.74, 6) is 0. The second kappa shape index (κ2) is 5.23. The van der Waals surface area contributed by atoms with Crippen molar-refractivity contribution in [1.82, 2.24) is 14.9 Å². The molecule has 1 saturated heterocycles. The van der Waals surface area contributed by atoms with Crippen LogP contribution in [0.15, 0.2) is 24.5 Å². The Balaban J connectivity index is 1.62. The van der Waals surface area contributed by atoms with Crippen molar-refractivity contribution in [3.8, 4) is 6.07 Å². The van der Waals surface area contributed by atoms with Crippen LogP contribution >= 0.6 is 0 Å². The summed E-state index contributed by atoms with van der Waals surface area (Å²) in [7, 11) is 0. The van der Waals surface area contributed by atoms with Gasteiger partial charge in [-0.25, -0.2) is 9.78 Å². The molecule has 4 rings (SSSR count). The molecule has 1 spiro atoms. The molecule has 2 heterocycles. The minimum absolute atomic E-state index is 0.0286. The molecule has 6 nitrogen and oxygen atoms in total. The zero-order chi connectivity index (χ0) is 16.8. The number of rotatable bonds is 2. The topological polar surface area (TPSA) is 79.9 Å². The van der Waals surface area contributed by atoms with Gasteiger partial charge in [-0.2, -0.15) is 5.26 Å². The van der Waals surface area contributed by atoms with Gasteiger partial charge in [0.1, 0.15) is 5.60 Å². The monoisotopic (exact) mass is 324 g/mol. The smallest absolute Gasteiger partial charge is 0.407 e. The van der Waals surface area contributed by atoms with E-state index in [0.29, 0.717) is 12.1 Å². The molecule has 2 atom stereocenters. The summed E-state index contributed by atoms with van der Waals surface area (Å²) in [5, 5.41) is 11.9. The number of fused-ring (bicyclic) bond motifs is 1. The van der Waals surface area contributed by atoms with Crippen molar-refractivity contribution in [3.05, 3.63) is 30.1 Å². The molecular formula is C18H20N4O2. The fraction of sp³-hybridized carbons (Fsp3) is 0.500. The van der Waals surface area contributed by atoms with Gasteiger partial charge >= 0.3 is 6.09 Å². The average Bonchev–Trinajstić information content (AvgIpc) is 3.10. The van der Waals surface area contributed by atoms with Crippen LogP contribution in [0.1, 0.15) is 38.2 Å². The van der Waals surface area contributed by atoms with Gasteiger partial charge in [0.25, 0.3) is 0 Å². The van der Waals surface area contributed by atoms with E-state index in [1.165, 1.54) is 0 Å². The summed E-state index contributed by atoms with van der Waals surface area (Å²) in [6.45, 7) is 3.66. The fourth-order valence-electron chi connectivity index (χ4n) is 4.33.